The highest BCUT2D eigenvalue weighted by Crippen LogP contribution is 2.40. The largest absolute Gasteiger partial charge is 0.385 e. The van der Waals surface area contributed by atoms with Gasteiger partial charge in [-0.3, -0.25) is 0 Å². The van der Waals surface area contributed by atoms with Gasteiger partial charge in [0.1, 0.15) is 5.00 Å². The summed E-state index contributed by atoms with van der Waals surface area (Å²) < 4.78 is 0. The number of anilines is 3. The molecule has 3 nitrogen and oxygen atoms in total. The van der Waals surface area contributed by atoms with Crippen LogP contribution in [0.5, 0.6) is 0 Å². The molecule has 4 heteroatoms. The molecule has 1 aromatic heterocycles. The summed E-state index contributed by atoms with van der Waals surface area (Å²) in [4.78, 5) is 1.30. The first-order chi connectivity index (χ1) is 5.74. The van der Waals surface area contributed by atoms with E-state index in [4.69, 9.17) is 0 Å². The fraction of sp³-hybridized carbons (Fsp3) is 0.500. The molecular weight excluding hydrogens is 170 g/mol. The number of aryl methyl sites for hydroxylation is 1. The molecule has 3 N–H and O–H groups in total. The average Bonchev–Trinajstić information content (AvgIpc) is 2.40. The molecule has 0 aliphatic heterocycles. The molecule has 0 aliphatic carbocycles. The smallest absolute Gasteiger partial charge is 0.114 e. The average molecular weight is 185 g/mol. The zero-order valence-electron chi connectivity index (χ0n) is 7.91. The third-order valence-corrected chi connectivity index (χ3v) is 2.93. The first kappa shape index (κ1) is 9.19. The van der Waals surface area contributed by atoms with Crippen LogP contribution in [0, 0.1) is 6.92 Å². The SMILES string of the molecule is CNc1sc(C)c(NC)c1NC. The Morgan fingerprint density at radius 2 is 1.50 bits per heavy atom. The van der Waals surface area contributed by atoms with Crippen molar-refractivity contribution in [2.45, 2.75) is 6.92 Å². The maximum atomic E-state index is 3.18. The maximum Gasteiger partial charge on any atom is 0.114 e. The Labute approximate surface area is 77.2 Å². The molecule has 0 aliphatic rings. The summed E-state index contributed by atoms with van der Waals surface area (Å²) in [5.74, 6) is 0. The lowest BCUT2D eigenvalue weighted by Gasteiger charge is -2.05. The second-order valence-corrected chi connectivity index (χ2v) is 3.71. The Balaban J connectivity index is 3.16. The van der Waals surface area contributed by atoms with Gasteiger partial charge in [0.05, 0.1) is 11.4 Å². The molecule has 0 saturated carbocycles. The van der Waals surface area contributed by atoms with Crippen LogP contribution in [0.3, 0.4) is 0 Å². The minimum absolute atomic E-state index is 1.16. The van der Waals surface area contributed by atoms with Gasteiger partial charge >= 0.3 is 0 Å². The van der Waals surface area contributed by atoms with E-state index in [1.54, 1.807) is 11.3 Å². The zero-order chi connectivity index (χ0) is 9.14. The second-order valence-electron chi connectivity index (χ2n) is 2.49. The summed E-state index contributed by atoms with van der Waals surface area (Å²) in [6.07, 6.45) is 0. The first-order valence-electron chi connectivity index (χ1n) is 3.91. The van der Waals surface area contributed by atoms with Gasteiger partial charge in [-0.25, -0.2) is 0 Å². The molecule has 0 radical (unpaired) electrons. The topological polar surface area (TPSA) is 36.1 Å². The number of nitrogens with one attached hydrogen (secondary N) is 3. The van der Waals surface area contributed by atoms with E-state index in [0.29, 0.717) is 0 Å². The third kappa shape index (κ3) is 1.34. The van der Waals surface area contributed by atoms with Crippen molar-refractivity contribution in [3.05, 3.63) is 4.88 Å². The molecule has 0 atom stereocenters. The van der Waals surface area contributed by atoms with Crippen molar-refractivity contribution in [2.75, 3.05) is 37.1 Å². The minimum atomic E-state index is 1.16. The van der Waals surface area contributed by atoms with Gasteiger partial charge in [-0.15, -0.1) is 11.3 Å². The summed E-state index contributed by atoms with van der Waals surface area (Å²) >= 11 is 1.75. The van der Waals surface area contributed by atoms with Gasteiger partial charge in [-0.2, -0.15) is 0 Å². The number of thiophene rings is 1. The maximum absolute atomic E-state index is 3.18. The number of rotatable bonds is 3. The molecule has 68 valence electrons. The van der Waals surface area contributed by atoms with Gasteiger partial charge in [0, 0.05) is 26.0 Å². The Kier molecular flexibility index (Phi) is 2.81. The molecule has 1 rings (SSSR count). The lowest BCUT2D eigenvalue weighted by Crippen LogP contribution is -1.96. The van der Waals surface area contributed by atoms with Crippen LogP contribution in [-0.4, -0.2) is 21.1 Å². The Hall–Kier alpha value is -0.900. The monoisotopic (exact) mass is 185 g/mol. The Bertz CT molecular complexity index is 268. The van der Waals surface area contributed by atoms with Crippen LogP contribution in [0.15, 0.2) is 0 Å². The predicted octanol–water partition coefficient (Wildman–Crippen LogP) is 2.18. The minimum Gasteiger partial charge on any atom is -0.385 e. The van der Waals surface area contributed by atoms with Crippen LogP contribution in [0.1, 0.15) is 4.88 Å². The summed E-state index contributed by atoms with van der Waals surface area (Å²) in [7, 11) is 5.81. The Morgan fingerprint density at radius 1 is 0.917 bits per heavy atom. The molecule has 12 heavy (non-hydrogen) atoms. The number of hydrogen-bond donors (Lipinski definition) is 3. The molecule has 0 aromatic carbocycles. The lowest BCUT2D eigenvalue weighted by atomic mass is 10.3. The molecular formula is C8H15N3S. The molecule has 0 bridgehead atoms. The van der Waals surface area contributed by atoms with Crippen LogP contribution >= 0.6 is 11.3 Å². The molecule has 1 aromatic rings. The summed E-state index contributed by atoms with van der Waals surface area (Å²) in [5.41, 5.74) is 2.34. The normalized spacial score (nSPS) is 9.67. The van der Waals surface area contributed by atoms with E-state index in [1.807, 2.05) is 21.1 Å². The second kappa shape index (κ2) is 3.67. The summed E-state index contributed by atoms with van der Waals surface area (Å²) in [6.45, 7) is 2.11. The molecule has 0 saturated heterocycles. The molecule has 0 unspecified atom stereocenters. The van der Waals surface area contributed by atoms with Gasteiger partial charge in [0.15, 0.2) is 0 Å². The summed E-state index contributed by atoms with van der Waals surface area (Å²) in [5, 5.41) is 10.7. The van der Waals surface area contributed by atoms with Gasteiger partial charge in [-0.05, 0) is 6.92 Å². The highest BCUT2D eigenvalue weighted by molar-refractivity contribution is 7.17. The van der Waals surface area contributed by atoms with Crippen molar-refractivity contribution in [3.63, 3.8) is 0 Å². The predicted molar refractivity (Wildman–Crippen MR) is 57.7 cm³/mol. The number of hydrogen-bond acceptors (Lipinski definition) is 4. The molecule has 0 amide bonds. The molecule has 0 spiro atoms. The van der Waals surface area contributed by atoms with Crippen molar-refractivity contribution in [1.82, 2.24) is 0 Å². The van der Waals surface area contributed by atoms with Gasteiger partial charge in [-0.1, -0.05) is 0 Å². The molecule has 1 heterocycles. The van der Waals surface area contributed by atoms with Gasteiger partial charge in [0.25, 0.3) is 0 Å². The van der Waals surface area contributed by atoms with Crippen LogP contribution < -0.4 is 16.0 Å². The van der Waals surface area contributed by atoms with Gasteiger partial charge in [0.2, 0.25) is 0 Å². The quantitative estimate of drug-likeness (QED) is 0.675. The van der Waals surface area contributed by atoms with Crippen molar-refractivity contribution in [2.24, 2.45) is 0 Å². The van der Waals surface area contributed by atoms with E-state index in [2.05, 4.69) is 22.9 Å². The van der Waals surface area contributed by atoms with E-state index in [9.17, 15) is 0 Å². The highest BCUT2D eigenvalue weighted by Gasteiger charge is 2.11. The van der Waals surface area contributed by atoms with Crippen molar-refractivity contribution >= 4 is 27.7 Å². The van der Waals surface area contributed by atoms with E-state index >= 15 is 0 Å². The molecule has 0 fully saturated rings. The fourth-order valence-corrected chi connectivity index (χ4v) is 2.28. The van der Waals surface area contributed by atoms with Crippen molar-refractivity contribution in [1.29, 1.82) is 0 Å². The highest BCUT2D eigenvalue weighted by atomic mass is 32.1. The van der Waals surface area contributed by atoms with Crippen LogP contribution in [0.25, 0.3) is 0 Å². The van der Waals surface area contributed by atoms with E-state index in [-0.39, 0.29) is 0 Å². The third-order valence-electron chi connectivity index (χ3n) is 1.81. The van der Waals surface area contributed by atoms with Gasteiger partial charge < -0.3 is 16.0 Å². The van der Waals surface area contributed by atoms with Crippen molar-refractivity contribution < 1.29 is 0 Å². The van der Waals surface area contributed by atoms with Crippen LogP contribution in [0.4, 0.5) is 16.4 Å². The lowest BCUT2D eigenvalue weighted by molar-refractivity contribution is 1.44. The van der Waals surface area contributed by atoms with E-state index in [0.717, 1.165) is 5.69 Å². The van der Waals surface area contributed by atoms with Crippen molar-refractivity contribution in [3.8, 4) is 0 Å². The van der Waals surface area contributed by atoms with E-state index < -0.39 is 0 Å². The van der Waals surface area contributed by atoms with E-state index in [1.165, 1.54) is 15.6 Å². The Morgan fingerprint density at radius 3 is 1.92 bits per heavy atom. The zero-order valence-corrected chi connectivity index (χ0v) is 8.72. The summed E-state index contributed by atoms with van der Waals surface area (Å²) in [6, 6.07) is 0. The van der Waals surface area contributed by atoms with Crippen LogP contribution in [-0.2, 0) is 0 Å². The standard InChI is InChI=1S/C8H15N3S/c1-5-6(9-2)7(10-3)8(11-4)12-5/h9-11H,1-4H3. The first-order valence-corrected chi connectivity index (χ1v) is 4.72. The van der Waals surface area contributed by atoms with Crippen LogP contribution in [0.2, 0.25) is 0 Å². The fourth-order valence-electron chi connectivity index (χ4n) is 1.26.